The summed E-state index contributed by atoms with van der Waals surface area (Å²) in [5.74, 6) is 0.548. The Hall–Kier alpha value is -1.36. The smallest absolute Gasteiger partial charge is 0.257 e. The third-order valence-electron chi connectivity index (χ3n) is 3.16. The molecule has 0 fully saturated rings. The largest absolute Gasteiger partial charge is 0.369 e. The number of carbonyl (C=O) groups excluding carboxylic acids is 1. The molecule has 1 unspecified atom stereocenters. The number of methoxy groups -OCH3 is 1. The molecule has 0 aliphatic rings. The number of nitrogens with zero attached hydrogens (tertiary/aromatic N) is 2. The van der Waals surface area contributed by atoms with Gasteiger partial charge < -0.3 is 10.1 Å². The molecule has 1 aromatic heterocycles. The van der Waals surface area contributed by atoms with E-state index in [0.717, 1.165) is 17.9 Å². The van der Waals surface area contributed by atoms with Gasteiger partial charge in [-0.1, -0.05) is 6.92 Å². The van der Waals surface area contributed by atoms with Gasteiger partial charge in [0, 0.05) is 13.2 Å². The highest BCUT2D eigenvalue weighted by molar-refractivity contribution is 5.96. The van der Waals surface area contributed by atoms with Crippen molar-refractivity contribution in [1.82, 2.24) is 9.78 Å². The number of hydrogen-bond donors (Lipinski definition) is 1. The van der Waals surface area contributed by atoms with E-state index in [1.54, 1.807) is 13.8 Å². The molecule has 5 heteroatoms. The lowest BCUT2D eigenvalue weighted by Crippen LogP contribution is -2.39. The van der Waals surface area contributed by atoms with Gasteiger partial charge in [0.05, 0.1) is 11.7 Å². The predicted molar refractivity (Wildman–Crippen MR) is 71.7 cm³/mol. The van der Waals surface area contributed by atoms with Crippen LogP contribution in [0.3, 0.4) is 0 Å². The highest BCUT2D eigenvalue weighted by Gasteiger charge is 2.28. The molecule has 0 spiro atoms. The van der Waals surface area contributed by atoms with Crippen LogP contribution >= 0.6 is 0 Å². The minimum absolute atomic E-state index is 0.172. The molecule has 1 amide bonds. The van der Waals surface area contributed by atoms with Gasteiger partial charge in [0.15, 0.2) is 0 Å². The quantitative estimate of drug-likeness (QED) is 0.877. The van der Waals surface area contributed by atoms with Crippen LogP contribution in [0.5, 0.6) is 0 Å². The van der Waals surface area contributed by atoms with Gasteiger partial charge in [0.1, 0.15) is 11.4 Å². The van der Waals surface area contributed by atoms with Crippen molar-refractivity contribution < 1.29 is 9.53 Å². The summed E-state index contributed by atoms with van der Waals surface area (Å²) in [5.41, 5.74) is 0.0409. The van der Waals surface area contributed by atoms with Crippen molar-refractivity contribution >= 4 is 11.7 Å². The minimum atomic E-state index is -0.849. The Kier molecular flexibility index (Phi) is 4.51. The average molecular weight is 253 g/mol. The summed E-state index contributed by atoms with van der Waals surface area (Å²) in [6.07, 6.45) is 0.956. The van der Waals surface area contributed by atoms with Crippen LogP contribution in [0, 0.1) is 6.92 Å². The first-order chi connectivity index (χ1) is 8.31. The van der Waals surface area contributed by atoms with Crippen LogP contribution in [0.1, 0.15) is 45.9 Å². The van der Waals surface area contributed by atoms with E-state index in [4.69, 9.17) is 4.74 Å². The number of ether oxygens (including phenoxy) is 1. The number of nitrogens with one attached hydrogen (secondary N) is 1. The molecule has 0 bridgehead atoms. The Morgan fingerprint density at radius 1 is 1.61 bits per heavy atom. The predicted octanol–water partition coefficient (Wildman–Crippen LogP) is 2.53. The van der Waals surface area contributed by atoms with Gasteiger partial charge in [-0.25, -0.2) is 4.68 Å². The highest BCUT2D eigenvalue weighted by atomic mass is 16.5. The lowest BCUT2D eigenvalue weighted by molar-refractivity contribution is -0.133. The number of aromatic nitrogens is 2. The summed E-state index contributed by atoms with van der Waals surface area (Å²) in [6, 6.07) is 2.12. The molecule has 1 heterocycles. The zero-order valence-corrected chi connectivity index (χ0v) is 12.1. The van der Waals surface area contributed by atoms with Crippen molar-refractivity contribution in [2.24, 2.45) is 0 Å². The monoisotopic (exact) mass is 253 g/mol. The van der Waals surface area contributed by atoms with E-state index in [1.165, 1.54) is 7.11 Å². The zero-order chi connectivity index (χ0) is 13.9. The molecule has 1 rings (SSSR count). The maximum atomic E-state index is 12.1. The van der Waals surface area contributed by atoms with Crippen LogP contribution < -0.4 is 5.32 Å². The molecule has 1 aromatic rings. The van der Waals surface area contributed by atoms with E-state index in [-0.39, 0.29) is 11.9 Å². The van der Waals surface area contributed by atoms with Gasteiger partial charge in [-0.3, -0.25) is 4.79 Å². The van der Waals surface area contributed by atoms with Crippen molar-refractivity contribution in [2.75, 3.05) is 12.4 Å². The van der Waals surface area contributed by atoms with Gasteiger partial charge in [-0.15, -0.1) is 0 Å². The summed E-state index contributed by atoms with van der Waals surface area (Å²) in [6.45, 7) is 9.55. The fourth-order valence-corrected chi connectivity index (χ4v) is 1.48. The Bertz CT molecular complexity index is 424. The fourth-order valence-electron chi connectivity index (χ4n) is 1.48. The van der Waals surface area contributed by atoms with Crippen LogP contribution in [0.15, 0.2) is 6.07 Å². The summed E-state index contributed by atoms with van der Waals surface area (Å²) in [7, 11) is 1.52. The SMILES string of the molecule is CCC(C)n1nc(C)cc1NC(=O)C(C)(C)OC. The van der Waals surface area contributed by atoms with Crippen molar-refractivity contribution in [3.05, 3.63) is 11.8 Å². The number of hydrogen-bond acceptors (Lipinski definition) is 3. The van der Waals surface area contributed by atoms with Gasteiger partial charge in [0.2, 0.25) is 0 Å². The third kappa shape index (κ3) is 3.10. The van der Waals surface area contributed by atoms with E-state index < -0.39 is 5.60 Å². The second-order valence-electron chi connectivity index (χ2n) is 5.04. The molecular formula is C13H23N3O2. The zero-order valence-electron chi connectivity index (χ0n) is 12.1. The summed E-state index contributed by atoms with van der Waals surface area (Å²) < 4.78 is 7.01. The van der Waals surface area contributed by atoms with Crippen LogP contribution in [-0.4, -0.2) is 28.4 Å². The van der Waals surface area contributed by atoms with Crippen LogP contribution in [0.2, 0.25) is 0 Å². The number of aryl methyl sites for hydroxylation is 1. The number of rotatable bonds is 5. The molecule has 0 aliphatic carbocycles. The highest BCUT2D eigenvalue weighted by Crippen LogP contribution is 2.20. The molecule has 5 nitrogen and oxygen atoms in total. The molecule has 102 valence electrons. The number of carbonyl (C=O) groups is 1. The molecule has 1 atom stereocenters. The summed E-state index contributed by atoms with van der Waals surface area (Å²) in [5, 5.41) is 7.28. The standard InChI is InChI=1S/C13H23N3O2/c1-7-10(3)16-11(8-9(2)15-16)14-12(17)13(4,5)18-6/h8,10H,7H2,1-6H3,(H,14,17). The molecule has 0 aromatic carbocycles. The first-order valence-electron chi connectivity index (χ1n) is 6.24. The second-order valence-corrected chi connectivity index (χ2v) is 5.04. The van der Waals surface area contributed by atoms with Gasteiger partial charge >= 0.3 is 0 Å². The minimum Gasteiger partial charge on any atom is -0.369 e. The second kappa shape index (κ2) is 5.52. The summed E-state index contributed by atoms with van der Waals surface area (Å²) in [4.78, 5) is 12.1. The molecule has 0 saturated heterocycles. The Balaban J connectivity index is 2.94. The Morgan fingerprint density at radius 2 is 2.22 bits per heavy atom. The van der Waals surface area contributed by atoms with Crippen molar-refractivity contribution in [1.29, 1.82) is 0 Å². The summed E-state index contributed by atoms with van der Waals surface area (Å²) >= 11 is 0. The number of amides is 1. The van der Waals surface area contributed by atoms with Crippen molar-refractivity contribution in [3.63, 3.8) is 0 Å². The first kappa shape index (κ1) is 14.7. The normalized spacial score (nSPS) is 13.4. The third-order valence-corrected chi connectivity index (χ3v) is 3.16. The van der Waals surface area contributed by atoms with E-state index in [2.05, 4.69) is 24.3 Å². The van der Waals surface area contributed by atoms with Crippen molar-refractivity contribution in [3.8, 4) is 0 Å². The lowest BCUT2D eigenvalue weighted by atomic mass is 10.1. The van der Waals surface area contributed by atoms with Crippen LogP contribution in [0.4, 0.5) is 5.82 Å². The molecular weight excluding hydrogens is 230 g/mol. The molecule has 0 aliphatic heterocycles. The maximum Gasteiger partial charge on any atom is 0.257 e. The van der Waals surface area contributed by atoms with Crippen LogP contribution in [-0.2, 0) is 9.53 Å². The molecule has 0 radical (unpaired) electrons. The molecule has 1 N–H and O–H groups in total. The van der Waals surface area contributed by atoms with E-state index in [1.807, 2.05) is 17.7 Å². The first-order valence-corrected chi connectivity index (χ1v) is 6.24. The van der Waals surface area contributed by atoms with E-state index in [9.17, 15) is 4.79 Å². The lowest BCUT2D eigenvalue weighted by Gasteiger charge is -2.22. The fraction of sp³-hybridized carbons (Fsp3) is 0.692. The number of anilines is 1. The van der Waals surface area contributed by atoms with E-state index in [0.29, 0.717) is 0 Å². The van der Waals surface area contributed by atoms with Crippen molar-refractivity contribution in [2.45, 2.75) is 52.7 Å². The topological polar surface area (TPSA) is 56.2 Å². The maximum absolute atomic E-state index is 12.1. The van der Waals surface area contributed by atoms with Gasteiger partial charge in [-0.05, 0) is 34.1 Å². The average Bonchev–Trinajstić information content (AvgIpc) is 2.69. The van der Waals surface area contributed by atoms with Gasteiger partial charge in [-0.2, -0.15) is 5.10 Å². The Labute approximate surface area is 109 Å². The van der Waals surface area contributed by atoms with E-state index >= 15 is 0 Å². The van der Waals surface area contributed by atoms with Gasteiger partial charge in [0.25, 0.3) is 5.91 Å². The molecule has 18 heavy (non-hydrogen) atoms. The Morgan fingerprint density at radius 3 is 2.72 bits per heavy atom. The molecule has 0 saturated carbocycles. The van der Waals surface area contributed by atoms with Crippen LogP contribution in [0.25, 0.3) is 0 Å².